The summed E-state index contributed by atoms with van der Waals surface area (Å²) in [6, 6.07) is 10.5. The number of carbonyl (C=O) groups excluding carboxylic acids is 1. The standard InChI is InChI=1S/C23H26Cl2N2O3S/c1-27(21-12-11-15-7-5-6-10-17(15)21)23(28)18-13-22(20(25)14-19(18)24)31(29,30)26-16-8-3-2-4-9-16/h5-7,10,13-14,16,21,26H,2-4,8-9,11-12H2,1H3. The quantitative estimate of drug-likeness (QED) is 0.625. The van der Waals surface area contributed by atoms with E-state index >= 15 is 0 Å². The van der Waals surface area contributed by atoms with Gasteiger partial charge in [0.05, 0.1) is 21.7 Å². The largest absolute Gasteiger partial charge is 0.335 e. The van der Waals surface area contributed by atoms with Crippen molar-refractivity contribution in [1.29, 1.82) is 0 Å². The summed E-state index contributed by atoms with van der Waals surface area (Å²) in [7, 11) is -2.14. The minimum absolute atomic E-state index is 0.0127. The van der Waals surface area contributed by atoms with E-state index in [4.69, 9.17) is 23.2 Å². The summed E-state index contributed by atoms with van der Waals surface area (Å²) in [5.41, 5.74) is 2.49. The van der Waals surface area contributed by atoms with E-state index in [0.29, 0.717) is 0 Å². The van der Waals surface area contributed by atoms with E-state index in [1.807, 2.05) is 18.2 Å². The molecule has 5 nitrogen and oxygen atoms in total. The molecular weight excluding hydrogens is 455 g/mol. The summed E-state index contributed by atoms with van der Waals surface area (Å²) in [5, 5.41) is 0.156. The molecule has 0 spiro atoms. The van der Waals surface area contributed by atoms with Crippen molar-refractivity contribution in [2.45, 2.75) is 61.9 Å². The van der Waals surface area contributed by atoms with Crippen LogP contribution in [-0.4, -0.2) is 32.3 Å². The minimum Gasteiger partial charge on any atom is -0.335 e. The Labute approximate surface area is 193 Å². The van der Waals surface area contributed by atoms with E-state index in [9.17, 15) is 13.2 Å². The number of sulfonamides is 1. The number of aryl methyl sites for hydroxylation is 1. The minimum atomic E-state index is -3.87. The summed E-state index contributed by atoms with van der Waals surface area (Å²) >= 11 is 12.6. The Bertz CT molecular complexity index is 1100. The molecule has 8 heteroatoms. The number of hydrogen-bond donors (Lipinski definition) is 1. The lowest BCUT2D eigenvalue weighted by Crippen LogP contribution is -2.36. The number of nitrogens with one attached hydrogen (secondary N) is 1. The van der Waals surface area contributed by atoms with Gasteiger partial charge in [0, 0.05) is 13.1 Å². The van der Waals surface area contributed by atoms with Crippen LogP contribution >= 0.6 is 23.2 Å². The zero-order valence-electron chi connectivity index (χ0n) is 17.4. The maximum absolute atomic E-state index is 13.3. The van der Waals surface area contributed by atoms with Crippen LogP contribution in [0.1, 0.15) is 66.1 Å². The van der Waals surface area contributed by atoms with Crippen molar-refractivity contribution in [3.8, 4) is 0 Å². The molecule has 1 fully saturated rings. The molecular formula is C23H26Cl2N2O3S. The van der Waals surface area contributed by atoms with Gasteiger partial charge in [-0.15, -0.1) is 0 Å². The van der Waals surface area contributed by atoms with E-state index in [0.717, 1.165) is 50.5 Å². The van der Waals surface area contributed by atoms with Crippen molar-refractivity contribution in [3.05, 3.63) is 63.1 Å². The smallest absolute Gasteiger partial charge is 0.255 e. The maximum Gasteiger partial charge on any atom is 0.255 e. The number of amides is 1. The van der Waals surface area contributed by atoms with Gasteiger partial charge >= 0.3 is 0 Å². The van der Waals surface area contributed by atoms with Crippen molar-refractivity contribution in [2.24, 2.45) is 0 Å². The zero-order valence-corrected chi connectivity index (χ0v) is 19.7. The number of rotatable bonds is 5. The first kappa shape index (κ1) is 22.6. The van der Waals surface area contributed by atoms with E-state index < -0.39 is 10.0 Å². The number of carbonyl (C=O) groups is 1. The van der Waals surface area contributed by atoms with Crippen LogP contribution < -0.4 is 4.72 Å². The molecule has 166 valence electrons. The van der Waals surface area contributed by atoms with Crippen molar-refractivity contribution in [2.75, 3.05) is 7.05 Å². The van der Waals surface area contributed by atoms with Gasteiger partial charge in [-0.25, -0.2) is 13.1 Å². The Morgan fingerprint density at radius 1 is 1.03 bits per heavy atom. The zero-order chi connectivity index (χ0) is 22.2. The molecule has 2 aliphatic rings. The molecule has 31 heavy (non-hydrogen) atoms. The second kappa shape index (κ2) is 9.10. The molecule has 0 saturated heterocycles. The molecule has 1 atom stereocenters. The Morgan fingerprint density at radius 2 is 1.74 bits per heavy atom. The maximum atomic E-state index is 13.3. The van der Waals surface area contributed by atoms with Crippen molar-refractivity contribution in [3.63, 3.8) is 0 Å². The van der Waals surface area contributed by atoms with E-state index in [1.54, 1.807) is 11.9 Å². The van der Waals surface area contributed by atoms with Gasteiger partial charge in [0.2, 0.25) is 10.0 Å². The monoisotopic (exact) mass is 480 g/mol. The summed E-state index contributed by atoms with van der Waals surface area (Å²) in [6.45, 7) is 0. The van der Waals surface area contributed by atoms with E-state index in [2.05, 4.69) is 10.8 Å². The first-order valence-electron chi connectivity index (χ1n) is 10.6. The molecule has 1 saturated carbocycles. The highest BCUT2D eigenvalue weighted by Crippen LogP contribution is 2.37. The van der Waals surface area contributed by atoms with Crippen LogP contribution in [0.2, 0.25) is 10.0 Å². The molecule has 2 aromatic rings. The van der Waals surface area contributed by atoms with E-state index in [1.165, 1.54) is 17.7 Å². The van der Waals surface area contributed by atoms with E-state index in [-0.39, 0.29) is 38.5 Å². The van der Waals surface area contributed by atoms with Crippen LogP contribution in [0.15, 0.2) is 41.3 Å². The van der Waals surface area contributed by atoms with Gasteiger partial charge in [0.15, 0.2) is 0 Å². The molecule has 0 aliphatic heterocycles. The van der Waals surface area contributed by atoms with Crippen LogP contribution in [0.4, 0.5) is 0 Å². The third kappa shape index (κ3) is 4.63. The number of halogens is 2. The fourth-order valence-corrected chi connectivity index (χ4v) is 6.83. The third-order valence-electron chi connectivity index (χ3n) is 6.36. The van der Waals surface area contributed by atoms with Crippen molar-refractivity contribution < 1.29 is 13.2 Å². The van der Waals surface area contributed by atoms with Gasteiger partial charge < -0.3 is 4.90 Å². The molecule has 0 bridgehead atoms. The lowest BCUT2D eigenvalue weighted by molar-refractivity contribution is 0.0730. The van der Waals surface area contributed by atoms with Gasteiger partial charge in [0.25, 0.3) is 5.91 Å². The van der Waals surface area contributed by atoms with Crippen LogP contribution in [0.3, 0.4) is 0 Å². The number of benzene rings is 2. The van der Waals surface area contributed by atoms with Crippen LogP contribution in [0, 0.1) is 0 Å². The van der Waals surface area contributed by atoms with Crippen LogP contribution in [0.25, 0.3) is 0 Å². The predicted octanol–water partition coefficient (Wildman–Crippen LogP) is 5.36. The highest BCUT2D eigenvalue weighted by molar-refractivity contribution is 7.89. The number of fused-ring (bicyclic) bond motifs is 1. The Hall–Kier alpha value is -1.60. The first-order valence-corrected chi connectivity index (χ1v) is 12.9. The van der Waals surface area contributed by atoms with Crippen LogP contribution in [0.5, 0.6) is 0 Å². The summed E-state index contributed by atoms with van der Waals surface area (Å²) in [6.07, 6.45) is 6.45. The van der Waals surface area contributed by atoms with Gasteiger partial charge in [-0.05, 0) is 48.9 Å². The molecule has 0 heterocycles. The van der Waals surface area contributed by atoms with Gasteiger partial charge in [-0.3, -0.25) is 4.79 Å². The molecule has 1 unspecified atom stereocenters. The average Bonchev–Trinajstić information content (AvgIpc) is 3.17. The van der Waals surface area contributed by atoms with Crippen molar-refractivity contribution in [1.82, 2.24) is 9.62 Å². The number of nitrogens with zero attached hydrogens (tertiary/aromatic N) is 1. The van der Waals surface area contributed by atoms with Gasteiger partial charge in [-0.2, -0.15) is 0 Å². The SMILES string of the molecule is CN(C(=O)c1cc(S(=O)(=O)NC2CCCCC2)c(Cl)cc1Cl)C1CCc2ccccc21. The third-order valence-corrected chi connectivity index (χ3v) is 8.66. The van der Waals surface area contributed by atoms with Crippen LogP contribution in [-0.2, 0) is 16.4 Å². The molecule has 2 aromatic carbocycles. The molecule has 0 aromatic heterocycles. The lowest BCUT2D eigenvalue weighted by atomic mass is 9.96. The second-order valence-corrected chi connectivity index (χ2v) is 10.9. The second-order valence-electron chi connectivity index (χ2n) is 8.39. The topological polar surface area (TPSA) is 66.5 Å². The lowest BCUT2D eigenvalue weighted by Gasteiger charge is -2.26. The number of hydrogen-bond acceptors (Lipinski definition) is 3. The first-order chi connectivity index (χ1) is 14.8. The molecule has 1 N–H and O–H groups in total. The Morgan fingerprint density at radius 3 is 2.48 bits per heavy atom. The average molecular weight is 481 g/mol. The molecule has 4 rings (SSSR count). The Kier molecular flexibility index (Phi) is 6.63. The van der Waals surface area contributed by atoms with Crippen molar-refractivity contribution >= 4 is 39.1 Å². The molecule has 1 amide bonds. The highest BCUT2D eigenvalue weighted by Gasteiger charge is 2.31. The summed E-state index contributed by atoms with van der Waals surface area (Å²) in [5.74, 6) is -0.322. The molecule has 2 aliphatic carbocycles. The normalized spacial score (nSPS) is 19.3. The fourth-order valence-electron chi connectivity index (χ4n) is 4.67. The van der Waals surface area contributed by atoms with Gasteiger partial charge in [0.1, 0.15) is 4.90 Å². The fraction of sp³-hybridized carbons (Fsp3) is 0.435. The summed E-state index contributed by atoms with van der Waals surface area (Å²) in [4.78, 5) is 14.9. The molecule has 0 radical (unpaired) electrons. The Balaban J connectivity index is 1.62. The highest BCUT2D eigenvalue weighted by atomic mass is 35.5. The summed E-state index contributed by atoms with van der Waals surface area (Å²) < 4.78 is 28.8. The van der Waals surface area contributed by atoms with Gasteiger partial charge in [-0.1, -0.05) is 66.7 Å². The predicted molar refractivity (Wildman–Crippen MR) is 123 cm³/mol.